The number of nitrogens with zero attached hydrogens (tertiary/aromatic N) is 1. The number of phenolic OH excluding ortho intramolecular Hbond substituents is 1. The molecule has 10 heteroatoms. The summed E-state index contributed by atoms with van der Waals surface area (Å²) in [7, 11) is 1.38. The molecule has 0 heterocycles. The van der Waals surface area contributed by atoms with Gasteiger partial charge in [-0.2, -0.15) is 5.10 Å². The van der Waals surface area contributed by atoms with Gasteiger partial charge in [0.2, 0.25) is 0 Å². The van der Waals surface area contributed by atoms with E-state index in [-0.39, 0.29) is 29.7 Å². The molecule has 0 atom stereocenters. The van der Waals surface area contributed by atoms with Crippen molar-refractivity contribution in [3.8, 4) is 17.2 Å². The first kappa shape index (κ1) is 21.3. The van der Waals surface area contributed by atoms with Crippen LogP contribution >= 0.6 is 23.2 Å². The molecule has 0 spiro atoms. The van der Waals surface area contributed by atoms with Crippen LogP contribution < -0.4 is 20.2 Å². The molecule has 0 aliphatic rings. The lowest BCUT2D eigenvalue weighted by Crippen LogP contribution is -2.37. The maximum absolute atomic E-state index is 11.7. The molecular weight excluding hydrogens is 409 g/mol. The van der Waals surface area contributed by atoms with Crippen molar-refractivity contribution in [2.75, 3.05) is 20.3 Å². The Morgan fingerprint density at radius 1 is 1.18 bits per heavy atom. The summed E-state index contributed by atoms with van der Waals surface area (Å²) in [5.41, 5.74) is 2.75. The van der Waals surface area contributed by atoms with Crippen LogP contribution in [0.1, 0.15) is 5.56 Å². The maximum Gasteiger partial charge on any atom is 0.259 e. The lowest BCUT2D eigenvalue weighted by molar-refractivity contribution is -0.127. The van der Waals surface area contributed by atoms with Gasteiger partial charge in [-0.25, -0.2) is 5.43 Å². The third kappa shape index (κ3) is 6.64. The largest absolute Gasteiger partial charge is 0.503 e. The highest BCUT2D eigenvalue weighted by Crippen LogP contribution is 2.34. The number of hydrazone groups is 1. The maximum atomic E-state index is 11.7. The number of ether oxygens (including phenoxy) is 2. The van der Waals surface area contributed by atoms with Crippen LogP contribution in [0.3, 0.4) is 0 Å². The van der Waals surface area contributed by atoms with Crippen molar-refractivity contribution >= 4 is 41.2 Å². The highest BCUT2D eigenvalue weighted by molar-refractivity contribution is 6.32. The van der Waals surface area contributed by atoms with Crippen LogP contribution in [0.2, 0.25) is 10.0 Å². The number of phenols is 1. The van der Waals surface area contributed by atoms with Gasteiger partial charge >= 0.3 is 0 Å². The summed E-state index contributed by atoms with van der Waals surface area (Å²) in [6.07, 6.45) is 1.32. The van der Waals surface area contributed by atoms with Crippen LogP contribution in [0.25, 0.3) is 0 Å². The molecule has 0 aliphatic carbocycles. The van der Waals surface area contributed by atoms with Crippen molar-refractivity contribution in [1.82, 2.24) is 10.7 Å². The van der Waals surface area contributed by atoms with Crippen LogP contribution in [-0.2, 0) is 9.59 Å². The number of aromatic hydroxyl groups is 1. The Labute approximate surface area is 171 Å². The number of carbonyl (C=O) groups excluding carboxylic acids is 2. The second-order valence-electron chi connectivity index (χ2n) is 5.37. The Kier molecular flexibility index (Phi) is 7.91. The summed E-state index contributed by atoms with van der Waals surface area (Å²) in [6, 6.07) is 9.47. The topological polar surface area (TPSA) is 109 Å². The average Bonchev–Trinajstić information content (AvgIpc) is 2.68. The van der Waals surface area contributed by atoms with Gasteiger partial charge in [-0.05, 0) is 42.0 Å². The molecule has 0 bridgehead atoms. The first-order valence-corrected chi connectivity index (χ1v) is 8.68. The third-order valence-electron chi connectivity index (χ3n) is 3.30. The summed E-state index contributed by atoms with van der Waals surface area (Å²) in [4.78, 5) is 23.4. The van der Waals surface area contributed by atoms with Crippen molar-refractivity contribution in [1.29, 1.82) is 0 Å². The van der Waals surface area contributed by atoms with Crippen LogP contribution in [0.4, 0.5) is 0 Å². The zero-order valence-corrected chi connectivity index (χ0v) is 16.3. The van der Waals surface area contributed by atoms with E-state index in [0.717, 1.165) is 0 Å². The third-order valence-corrected chi connectivity index (χ3v) is 3.84. The minimum atomic E-state index is -0.534. The molecule has 0 fully saturated rings. The molecule has 3 N–H and O–H groups in total. The summed E-state index contributed by atoms with van der Waals surface area (Å²) in [5.74, 6) is -0.532. The molecule has 148 valence electrons. The number of rotatable bonds is 8. The highest BCUT2D eigenvalue weighted by atomic mass is 35.5. The summed E-state index contributed by atoms with van der Waals surface area (Å²) >= 11 is 11.6. The number of hydrogen-bond acceptors (Lipinski definition) is 6. The predicted molar refractivity (Wildman–Crippen MR) is 105 cm³/mol. The van der Waals surface area contributed by atoms with Crippen LogP contribution in [0.5, 0.6) is 17.2 Å². The number of amides is 2. The molecule has 0 saturated heterocycles. The molecule has 0 saturated carbocycles. The minimum Gasteiger partial charge on any atom is -0.503 e. The fraction of sp³-hybridized carbons (Fsp3) is 0.167. The average molecular weight is 426 g/mol. The molecule has 28 heavy (non-hydrogen) atoms. The van der Waals surface area contributed by atoms with E-state index in [1.807, 2.05) is 0 Å². The lowest BCUT2D eigenvalue weighted by atomic mass is 10.2. The van der Waals surface area contributed by atoms with E-state index in [2.05, 4.69) is 15.8 Å². The van der Waals surface area contributed by atoms with Crippen LogP contribution in [0.15, 0.2) is 41.5 Å². The molecule has 2 amide bonds. The van der Waals surface area contributed by atoms with E-state index in [1.165, 1.54) is 25.5 Å². The van der Waals surface area contributed by atoms with Gasteiger partial charge in [0.1, 0.15) is 5.75 Å². The van der Waals surface area contributed by atoms with E-state index < -0.39 is 11.8 Å². The molecule has 0 aliphatic heterocycles. The smallest absolute Gasteiger partial charge is 0.259 e. The van der Waals surface area contributed by atoms with E-state index in [9.17, 15) is 14.7 Å². The van der Waals surface area contributed by atoms with Gasteiger partial charge in [0, 0.05) is 5.02 Å². The van der Waals surface area contributed by atoms with Gasteiger partial charge in [0.25, 0.3) is 11.8 Å². The quantitative estimate of drug-likeness (QED) is 0.444. The standard InChI is InChI=1S/C18H17Cl2N3O5/c1-27-15-7-11(6-14(20)18(15)26)8-22-23-16(24)9-21-17(25)10-28-13-4-2-12(19)3-5-13/h2-8,26H,9-10H2,1H3,(H,21,25)(H,23,24)/b22-8+. The van der Waals surface area contributed by atoms with E-state index >= 15 is 0 Å². The number of methoxy groups -OCH3 is 1. The van der Waals surface area contributed by atoms with Gasteiger partial charge < -0.3 is 19.9 Å². The Hall–Kier alpha value is -2.97. The fourth-order valence-electron chi connectivity index (χ4n) is 1.95. The zero-order valence-electron chi connectivity index (χ0n) is 14.7. The molecule has 0 unspecified atom stereocenters. The van der Waals surface area contributed by atoms with Gasteiger partial charge in [-0.3, -0.25) is 9.59 Å². The van der Waals surface area contributed by atoms with Gasteiger partial charge in [-0.1, -0.05) is 23.2 Å². The zero-order chi connectivity index (χ0) is 20.5. The molecule has 2 rings (SSSR count). The number of nitrogens with one attached hydrogen (secondary N) is 2. The Balaban J connectivity index is 1.74. The molecule has 0 aromatic heterocycles. The molecular formula is C18H17Cl2N3O5. The van der Waals surface area contributed by atoms with Crippen molar-refractivity contribution in [3.63, 3.8) is 0 Å². The van der Waals surface area contributed by atoms with Crippen LogP contribution in [0, 0.1) is 0 Å². The highest BCUT2D eigenvalue weighted by Gasteiger charge is 2.08. The number of halogens is 2. The first-order valence-electron chi connectivity index (χ1n) is 7.92. The predicted octanol–water partition coefficient (Wildman–Crippen LogP) is 2.35. The second-order valence-corrected chi connectivity index (χ2v) is 6.21. The summed E-state index contributed by atoms with van der Waals surface area (Å²) in [6.45, 7) is -0.524. The summed E-state index contributed by atoms with van der Waals surface area (Å²) < 4.78 is 10.2. The number of hydrogen-bond donors (Lipinski definition) is 3. The van der Waals surface area contributed by atoms with Gasteiger partial charge in [0.05, 0.1) is 24.9 Å². The molecule has 0 radical (unpaired) electrons. The fourth-order valence-corrected chi connectivity index (χ4v) is 2.30. The van der Waals surface area contributed by atoms with Crippen molar-refractivity contribution in [2.24, 2.45) is 5.10 Å². The lowest BCUT2D eigenvalue weighted by Gasteiger charge is -2.07. The normalized spacial score (nSPS) is 10.5. The van der Waals surface area contributed by atoms with Crippen LogP contribution in [-0.4, -0.2) is 43.4 Å². The van der Waals surface area contributed by atoms with Crippen molar-refractivity contribution in [2.45, 2.75) is 0 Å². The number of benzene rings is 2. The van der Waals surface area contributed by atoms with E-state index in [1.54, 1.807) is 24.3 Å². The second kappa shape index (κ2) is 10.4. The molecule has 8 nitrogen and oxygen atoms in total. The minimum absolute atomic E-state index is 0.0834. The Morgan fingerprint density at radius 2 is 1.89 bits per heavy atom. The van der Waals surface area contributed by atoms with Gasteiger partial charge in [0.15, 0.2) is 18.1 Å². The first-order chi connectivity index (χ1) is 13.4. The van der Waals surface area contributed by atoms with E-state index in [0.29, 0.717) is 16.3 Å². The van der Waals surface area contributed by atoms with E-state index in [4.69, 9.17) is 32.7 Å². The Bertz CT molecular complexity index is 872. The van der Waals surface area contributed by atoms with Crippen molar-refractivity contribution < 1.29 is 24.2 Å². The molecule has 2 aromatic rings. The Morgan fingerprint density at radius 3 is 2.57 bits per heavy atom. The monoisotopic (exact) mass is 425 g/mol. The molecule has 2 aromatic carbocycles. The summed E-state index contributed by atoms with van der Waals surface area (Å²) in [5, 5.41) is 16.4. The number of carbonyl (C=O) groups is 2. The SMILES string of the molecule is COc1cc(/C=N/NC(=O)CNC(=O)COc2ccc(Cl)cc2)cc(Cl)c1O. The van der Waals surface area contributed by atoms with Crippen molar-refractivity contribution in [3.05, 3.63) is 52.0 Å². The van der Waals surface area contributed by atoms with Gasteiger partial charge in [-0.15, -0.1) is 0 Å².